The van der Waals surface area contributed by atoms with Crippen molar-refractivity contribution in [2.45, 2.75) is 32.4 Å². The van der Waals surface area contributed by atoms with Gasteiger partial charge in [0.2, 0.25) is 0 Å². The van der Waals surface area contributed by atoms with E-state index in [1.54, 1.807) is 50.8 Å². The van der Waals surface area contributed by atoms with Gasteiger partial charge >= 0.3 is 5.69 Å². The highest BCUT2D eigenvalue weighted by molar-refractivity contribution is 5.95. The van der Waals surface area contributed by atoms with Crippen LogP contribution in [0, 0.1) is 12.7 Å². The van der Waals surface area contributed by atoms with Gasteiger partial charge in [-0.05, 0) is 61.2 Å². The maximum Gasteiger partial charge on any atom is 0.330 e. The Kier molecular flexibility index (Phi) is 5.50. The Morgan fingerprint density at radius 1 is 1.18 bits per heavy atom. The lowest BCUT2D eigenvalue weighted by Crippen LogP contribution is -2.43. The molecule has 1 aliphatic heterocycles. The van der Waals surface area contributed by atoms with Crippen LogP contribution < -0.4 is 5.69 Å². The summed E-state index contributed by atoms with van der Waals surface area (Å²) in [7, 11) is 0. The van der Waals surface area contributed by atoms with E-state index < -0.39 is 0 Å². The number of benzene rings is 1. The highest BCUT2D eigenvalue weighted by Gasteiger charge is 2.29. The quantitative estimate of drug-likeness (QED) is 0.482. The third-order valence-electron chi connectivity index (χ3n) is 6.27. The number of pyridine rings is 2. The van der Waals surface area contributed by atoms with Gasteiger partial charge in [-0.25, -0.2) is 14.2 Å². The Morgan fingerprint density at radius 3 is 2.88 bits per heavy atom. The number of aryl methyl sites for hydroxylation is 1. The normalized spacial score (nSPS) is 16.3. The van der Waals surface area contributed by atoms with Crippen LogP contribution in [0.2, 0.25) is 0 Å². The smallest absolute Gasteiger partial charge is 0.330 e. The minimum atomic E-state index is -0.338. The summed E-state index contributed by atoms with van der Waals surface area (Å²) < 4.78 is 17.0. The van der Waals surface area contributed by atoms with Crippen LogP contribution in [-0.2, 0) is 6.54 Å². The topological polar surface area (TPSA) is 73.0 Å². The summed E-state index contributed by atoms with van der Waals surface area (Å²) in [4.78, 5) is 37.1. The Hall–Kier alpha value is -3.81. The first-order valence-electron chi connectivity index (χ1n) is 11.0. The zero-order valence-electron chi connectivity index (χ0n) is 18.3. The molecule has 7 nitrogen and oxygen atoms in total. The first-order chi connectivity index (χ1) is 16.0. The third-order valence-corrected chi connectivity index (χ3v) is 6.27. The molecule has 33 heavy (non-hydrogen) atoms. The zero-order chi connectivity index (χ0) is 22.9. The van der Waals surface area contributed by atoms with Gasteiger partial charge in [-0.3, -0.25) is 18.9 Å². The molecule has 0 saturated carbocycles. The van der Waals surface area contributed by atoms with E-state index in [4.69, 9.17) is 0 Å². The summed E-state index contributed by atoms with van der Waals surface area (Å²) in [6, 6.07) is 11.5. The van der Waals surface area contributed by atoms with E-state index >= 15 is 0 Å². The number of fused-ring (bicyclic) bond motifs is 1. The van der Waals surface area contributed by atoms with Gasteiger partial charge in [0, 0.05) is 31.7 Å². The average Bonchev–Trinajstić information content (AvgIpc) is 3.10. The molecule has 0 bridgehead atoms. The number of hydrogen-bond donors (Lipinski definition) is 0. The largest absolute Gasteiger partial charge is 0.337 e. The molecule has 1 unspecified atom stereocenters. The van der Waals surface area contributed by atoms with Crippen molar-refractivity contribution >= 4 is 17.1 Å². The lowest BCUT2D eigenvalue weighted by molar-refractivity contribution is 0.0678. The number of carbonyl (C=O) groups is 1. The molecule has 4 aromatic rings. The van der Waals surface area contributed by atoms with Gasteiger partial charge in [0.25, 0.3) is 5.91 Å². The summed E-state index contributed by atoms with van der Waals surface area (Å²) in [5.41, 5.74) is 3.23. The minimum Gasteiger partial charge on any atom is -0.337 e. The summed E-state index contributed by atoms with van der Waals surface area (Å²) in [6.07, 6.45) is 6.48. The highest BCUT2D eigenvalue weighted by atomic mass is 19.1. The molecule has 0 aliphatic carbocycles. The molecule has 1 aromatic carbocycles. The molecule has 0 N–H and O–H groups in total. The molecular weight excluding hydrogens is 421 g/mol. The SMILES string of the molecule is Cc1ccncc1C(=O)N1CCCC(n2c(=O)n(Cc3cccc(F)c3)c3cccnc32)C1. The number of rotatable bonds is 4. The second-order valence-corrected chi connectivity index (χ2v) is 8.45. The number of aromatic nitrogens is 4. The predicted octanol–water partition coefficient (Wildman–Crippen LogP) is 3.57. The van der Waals surface area contributed by atoms with Gasteiger partial charge in [0.05, 0.1) is 23.7 Å². The fraction of sp³-hybridized carbons (Fsp3) is 0.280. The summed E-state index contributed by atoms with van der Waals surface area (Å²) in [6.45, 7) is 3.19. The van der Waals surface area contributed by atoms with E-state index in [0.717, 1.165) is 18.4 Å². The highest BCUT2D eigenvalue weighted by Crippen LogP contribution is 2.26. The molecule has 0 radical (unpaired) electrons. The van der Waals surface area contributed by atoms with Crippen LogP contribution in [0.1, 0.15) is 40.4 Å². The molecule has 1 amide bonds. The number of carbonyl (C=O) groups excluding carboxylic acids is 1. The first kappa shape index (κ1) is 21.1. The molecule has 1 atom stereocenters. The zero-order valence-corrected chi connectivity index (χ0v) is 18.3. The van der Waals surface area contributed by atoms with E-state index in [1.165, 1.54) is 12.1 Å². The lowest BCUT2D eigenvalue weighted by Gasteiger charge is -2.33. The summed E-state index contributed by atoms with van der Waals surface area (Å²) in [5.74, 6) is -0.413. The number of halogens is 1. The number of likely N-dealkylation sites (tertiary alicyclic amines) is 1. The van der Waals surface area contributed by atoms with Gasteiger partial charge in [-0.1, -0.05) is 12.1 Å². The maximum atomic E-state index is 13.7. The fourth-order valence-electron chi connectivity index (χ4n) is 4.62. The first-order valence-corrected chi connectivity index (χ1v) is 11.0. The number of imidazole rings is 1. The number of hydrogen-bond acceptors (Lipinski definition) is 4. The van der Waals surface area contributed by atoms with Crippen molar-refractivity contribution in [2.75, 3.05) is 13.1 Å². The van der Waals surface area contributed by atoms with Crippen molar-refractivity contribution < 1.29 is 9.18 Å². The van der Waals surface area contributed by atoms with E-state index in [-0.39, 0.29) is 30.0 Å². The fourth-order valence-corrected chi connectivity index (χ4v) is 4.62. The Labute approximate surface area is 190 Å². The molecular formula is C25H24FN5O2. The van der Waals surface area contributed by atoms with E-state index in [0.29, 0.717) is 35.4 Å². The van der Waals surface area contributed by atoms with E-state index in [1.807, 2.05) is 19.1 Å². The maximum absolute atomic E-state index is 13.7. The van der Waals surface area contributed by atoms with Crippen molar-refractivity contribution in [3.05, 3.63) is 94.0 Å². The van der Waals surface area contributed by atoms with Crippen molar-refractivity contribution in [3.63, 3.8) is 0 Å². The number of piperidine rings is 1. The molecule has 168 valence electrons. The number of nitrogens with zero attached hydrogens (tertiary/aromatic N) is 5. The number of amides is 1. The van der Waals surface area contributed by atoms with Crippen LogP contribution in [0.4, 0.5) is 4.39 Å². The predicted molar refractivity (Wildman–Crippen MR) is 123 cm³/mol. The van der Waals surface area contributed by atoms with Gasteiger partial charge in [0.1, 0.15) is 5.82 Å². The van der Waals surface area contributed by atoms with Crippen molar-refractivity contribution in [2.24, 2.45) is 0 Å². The molecule has 0 spiro atoms. The molecule has 1 fully saturated rings. The van der Waals surface area contributed by atoms with Crippen LogP contribution in [0.5, 0.6) is 0 Å². The van der Waals surface area contributed by atoms with Crippen LogP contribution in [-0.4, -0.2) is 43.0 Å². The van der Waals surface area contributed by atoms with Crippen LogP contribution >= 0.6 is 0 Å². The van der Waals surface area contributed by atoms with Gasteiger partial charge in [-0.15, -0.1) is 0 Å². The summed E-state index contributed by atoms with van der Waals surface area (Å²) >= 11 is 0. The Morgan fingerprint density at radius 2 is 2.06 bits per heavy atom. The van der Waals surface area contributed by atoms with Gasteiger partial charge in [0.15, 0.2) is 5.65 Å². The molecule has 8 heteroatoms. The second-order valence-electron chi connectivity index (χ2n) is 8.45. The lowest BCUT2D eigenvalue weighted by atomic mass is 10.0. The third kappa shape index (κ3) is 3.92. The Balaban J connectivity index is 1.51. The minimum absolute atomic E-state index is 0.0743. The van der Waals surface area contributed by atoms with Crippen LogP contribution in [0.3, 0.4) is 0 Å². The summed E-state index contributed by atoms with van der Waals surface area (Å²) in [5, 5.41) is 0. The average molecular weight is 445 g/mol. The van der Waals surface area contributed by atoms with Gasteiger partial charge in [-0.2, -0.15) is 0 Å². The van der Waals surface area contributed by atoms with E-state index in [9.17, 15) is 14.0 Å². The molecule has 5 rings (SSSR count). The molecule has 1 aliphatic rings. The standard InChI is InChI=1S/C25H24FN5O2/c1-17-9-11-27-14-21(17)24(32)29-12-4-7-20(16-29)31-23-22(8-3-10-28-23)30(25(31)33)15-18-5-2-6-19(26)13-18/h2-3,5-6,8-11,13-14,20H,4,7,12,15-16H2,1H3. The van der Waals surface area contributed by atoms with Crippen molar-refractivity contribution in [1.82, 2.24) is 24.0 Å². The molecule has 3 aromatic heterocycles. The van der Waals surface area contributed by atoms with Crippen molar-refractivity contribution in [1.29, 1.82) is 0 Å². The van der Waals surface area contributed by atoms with Crippen LogP contribution in [0.15, 0.2) is 65.8 Å². The van der Waals surface area contributed by atoms with Gasteiger partial charge < -0.3 is 4.90 Å². The van der Waals surface area contributed by atoms with Crippen LogP contribution in [0.25, 0.3) is 11.2 Å². The van der Waals surface area contributed by atoms with Crippen molar-refractivity contribution in [3.8, 4) is 0 Å². The molecule has 4 heterocycles. The monoisotopic (exact) mass is 445 g/mol. The second kappa shape index (κ2) is 8.61. The Bertz CT molecular complexity index is 1390. The molecule has 1 saturated heterocycles. The van der Waals surface area contributed by atoms with E-state index in [2.05, 4.69) is 9.97 Å².